The van der Waals surface area contributed by atoms with Crippen molar-refractivity contribution < 1.29 is 9.53 Å². The van der Waals surface area contributed by atoms with Gasteiger partial charge in [0.1, 0.15) is 11.9 Å². The second kappa shape index (κ2) is 9.95. The lowest BCUT2D eigenvalue weighted by Crippen LogP contribution is -2.35. The first-order valence-corrected chi connectivity index (χ1v) is 14.0. The number of nitrogens with zero attached hydrogens (tertiary/aromatic N) is 6. The first-order valence-electron chi connectivity index (χ1n) is 14.0. The van der Waals surface area contributed by atoms with Gasteiger partial charge in [0.05, 0.1) is 17.9 Å². The molecule has 37 heavy (non-hydrogen) atoms. The summed E-state index contributed by atoms with van der Waals surface area (Å²) >= 11 is 0. The number of aryl methyl sites for hydroxylation is 3. The summed E-state index contributed by atoms with van der Waals surface area (Å²) in [5, 5.41) is 4.46. The lowest BCUT2D eigenvalue weighted by Gasteiger charge is -2.31. The van der Waals surface area contributed by atoms with Crippen LogP contribution in [-0.4, -0.2) is 62.7 Å². The van der Waals surface area contributed by atoms with Gasteiger partial charge >= 0.3 is 0 Å². The number of aromatic nitrogens is 4. The number of hydrogen-bond donors (Lipinski definition) is 0. The number of rotatable bonds is 5. The van der Waals surface area contributed by atoms with E-state index >= 15 is 0 Å². The van der Waals surface area contributed by atoms with Gasteiger partial charge in [0.25, 0.3) is 5.78 Å². The van der Waals surface area contributed by atoms with Crippen molar-refractivity contribution >= 4 is 17.4 Å². The van der Waals surface area contributed by atoms with Crippen LogP contribution < -0.4 is 9.64 Å². The molecule has 3 aliphatic rings. The van der Waals surface area contributed by atoms with Crippen LogP contribution in [0.4, 0.5) is 5.69 Å². The first-order chi connectivity index (χ1) is 18.0. The normalized spacial score (nSPS) is 24.2. The predicted molar refractivity (Wildman–Crippen MR) is 143 cm³/mol. The maximum absolute atomic E-state index is 12.8. The summed E-state index contributed by atoms with van der Waals surface area (Å²) in [6.07, 6.45) is 7.73. The van der Waals surface area contributed by atoms with Gasteiger partial charge in [-0.05, 0) is 82.9 Å². The highest BCUT2D eigenvalue weighted by molar-refractivity contribution is 5.79. The van der Waals surface area contributed by atoms with Crippen LogP contribution in [0.25, 0.3) is 5.78 Å². The molecular formula is C29H38N6O2. The molecule has 2 aromatic heterocycles. The number of carbonyl (C=O) groups excluding carboxylic acids is 1. The van der Waals surface area contributed by atoms with Crippen molar-refractivity contribution in [2.24, 2.45) is 5.92 Å². The van der Waals surface area contributed by atoms with Crippen LogP contribution in [0, 0.1) is 26.7 Å². The molecule has 4 heterocycles. The molecule has 2 saturated heterocycles. The third-order valence-corrected chi connectivity index (χ3v) is 8.59. The van der Waals surface area contributed by atoms with Gasteiger partial charge < -0.3 is 14.5 Å². The van der Waals surface area contributed by atoms with Crippen molar-refractivity contribution in [1.29, 1.82) is 0 Å². The Balaban J connectivity index is 1.05. The summed E-state index contributed by atoms with van der Waals surface area (Å²) in [6, 6.07) is 9.13. The van der Waals surface area contributed by atoms with Crippen molar-refractivity contribution in [1.82, 2.24) is 24.5 Å². The molecular weight excluding hydrogens is 464 g/mol. The molecule has 1 saturated carbocycles. The van der Waals surface area contributed by atoms with E-state index in [-0.39, 0.29) is 12.0 Å². The third-order valence-electron chi connectivity index (χ3n) is 8.59. The number of carbonyl (C=O) groups is 1. The largest absolute Gasteiger partial charge is 0.485 e. The van der Waals surface area contributed by atoms with E-state index in [1.54, 1.807) is 4.52 Å². The Labute approximate surface area is 219 Å². The molecule has 0 radical (unpaired) electrons. The van der Waals surface area contributed by atoms with E-state index in [1.165, 1.54) is 24.1 Å². The van der Waals surface area contributed by atoms with Crippen molar-refractivity contribution in [3.8, 4) is 5.75 Å². The van der Waals surface area contributed by atoms with Gasteiger partial charge in [-0.3, -0.25) is 4.79 Å². The minimum Gasteiger partial charge on any atom is -0.485 e. The Hall–Kier alpha value is -3.16. The standard InChI is InChI=1S/C29H38N6O2/c1-19-27(20(2)35-29(30-19)31-21(3)32-35)37-26-14-17-34(18-26)25-12-10-23(11-13-25)22-6-8-24(9-7-22)28(36)33-15-4-5-16-33/h10-13,22,24,26H,4-9,14-18H2,1-3H3. The van der Waals surface area contributed by atoms with Gasteiger partial charge in [-0.15, -0.1) is 5.10 Å². The van der Waals surface area contributed by atoms with Gasteiger partial charge in [-0.1, -0.05) is 12.1 Å². The number of ether oxygens (including phenoxy) is 1. The number of likely N-dealkylation sites (tertiary alicyclic amines) is 1. The summed E-state index contributed by atoms with van der Waals surface area (Å²) in [5.74, 6) is 3.38. The predicted octanol–water partition coefficient (Wildman–Crippen LogP) is 4.60. The number of anilines is 1. The molecule has 3 aromatic rings. The Kier molecular flexibility index (Phi) is 6.51. The summed E-state index contributed by atoms with van der Waals surface area (Å²) < 4.78 is 8.24. The highest BCUT2D eigenvalue weighted by Crippen LogP contribution is 2.38. The fraction of sp³-hybridized carbons (Fsp3) is 0.586. The molecule has 1 aliphatic carbocycles. The molecule has 196 valence electrons. The molecule has 1 unspecified atom stereocenters. The molecule has 1 atom stereocenters. The van der Waals surface area contributed by atoms with Crippen molar-refractivity contribution in [3.63, 3.8) is 0 Å². The van der Waals surface area contributed by atoms with Crippen LogP contribution in [0.2, 0.25) is 0 Å². The molecule has 6 rings (SSSR count). The van der Waals surface area contributed by atoms with Gasteiger partial charge in [0.2, 0.25) is 5.91 Å². The molecule has 0 bridgehead atoms. The summed E-state index contributed by atoms with van der Waals surface area (Å²) in [7, 11) is 0. The van der Waals surface area contributed by atoms with Crippen LogP contribution in [0.3, 0.4) is 0 Å². The fourth-order valence-corrected chi connectivity index (χ4v) is 6.48. The molecule has 2 aliphatic heterocycles. The van der Waals surface area contributed by atoms with E-state index < -0.39 is 0 Å². The van der Waals surface area contributed by atoms with Gasteiger partial charge in [0.15, 0.2) is 5.75 Å². The van der Waals surface area contributed by atoms with Crippen molar-refractivity contribution in [2.75, 3.05) is 31.1 Å². The molecule has 3 fully saturated rings. The first kappa shape index (κ1) is 24.2. The van der Waals surface area contributed by atoms with Gasteiger partial charge in [-0.25, -0.2) is 4.98 Å². The average Bonchev–Trinajstić information content (AvgIpc) is 3.68. The summed E-state index contributed by atoms with van der Waals surface area (Å²) in [4.78, 5) is 26.3. The van der Waals surface area contributed by atoms with E-state index in [1.807, 2.05) is 20.8 Å². The van der Waals surface area contributed by atoms with Crippen molar-refractivity contribution in [2.45, 2.75) is 77.7 Å². The molecule has 8 nitrogen and oxygen atoms in total. The SMILES string of the molecule is Cc1nc2nc(C)c(OC3CCN(c4ccc(C5CCC(C(=O)N6CCCC6)CC5)cc4)C3)c(C)n2n1. The molecule has 1 amide bonds. The Morgan fingerprint density at radius 1 is 0.919 bits per heavy atom. The number of hydrogen-bond acceptors (Lipinski definition) is 6. The Morgan fingerprint density at radius 2 is 1.65 bits per heavy atom. The Bertz CT molecular complexity index is 1270. The van der Waals surface area contributed by atoms with E-state index in [0.29, 0.717) is 23.4 Å². The minimum atomic E-state index is 0.115. The lowest BCUT2D eigenvalue weighted by molar-refractivity contribution is -0.135. The van der Waals surface area contributed by atoms with Crippen molar-refractivity contribution in [3.05, 3.63) is 47.0 Å². The zero-order valence-corrected chi connectivity index (χ0v) is 22.3. The fourth-order valence-electron chi connectivity index (χ4n) is 6.48. The van der Waals surface area contributed by atoms with Gasteiger partial charge in [0, 0.05) is 37.7 Å². The van der Waals surface area contributed by atoms with E-state index in [4.69, 9.17) is 4.74 Å². The highest BCUT2D eigenvalue weighted by Gasteiger charge is 2.31. The lowest BCUT2D eigenvalue weighted by atomic mass is 9.78. The van der Waals surface area contributed by atoms with E-state index in [0.717, 1.165) is 75.4 Å². The number of fused-ring (bicyclic) bond motifs is 1. The minimum absolute atomic E-state index is 0.115. The third kappa shape index (κ3) is 4.78. The van der Waals surface area contributed by atoms with Crippen LogP contribution >= 0.6 is 0 Å². The molecule has 0 spiro atoms. The molecule has 8 heteroatoms. The van der Waals surface area contributed by atoms with Crippen LogP contribution in [-0.2, 0) is 4.79 Å². The summed E-state index contributed by atoms with van der Waals surface area (Å²) in [5.41, 5.74) is 4.47. The maximum Gasteiger partial charge on any atom is 0.253 e. The van der Waals surface area contributed by atoms with E-state index in [2.05, 4.69) is 49.1 Å². The monoisotopic (exact) mass is 502 g/mol. The highest BCUT2D eigenvalue weighted by atomic mass is 16.5. The summed E-state index contributed by atoms with van der Waals surface area (Å²) in [6.45, 7) is 9.65. The maximum atomic E-state index is 12.8. The second-order valence-corrected chi connectivity index (χ2v) is 11.1. The Morgan fingerprint density at radius 3 is 2.38 bits per heavy atom. The quantitative estimate of drug-likeness (QED) is 0.507. The number of benzene rings is 1. The van der Waals surface area contributed by atoms with Gasteiger partial charge in [-0.2, -0.15) is 9.50 Å². The molecule has 1 aromatic carbocycles. The number of amides is 1. The zero-order chi connectivity index (χ0) is 25.5. The molecule has 0 N–H and O–H groups in total. The average molecular weight is 503 g/mol. The van der Waals surface area contributed by atoms with E-state index in [9.17, 15) is 4.79 Å². The van der Waals surface area contributed by atoms with Crippen LogP contribution in [0.5, 0.6) is 5.75 Å². The second-order valence-electron chi connectivity index (χ2n) is 11.1. The topological polar surface area (TPSA) is 75.9 Å². The van der Waals surface area contributed by atoms with Crippen LogP contribution in [0.1, 0.15) is 73.6 Å². The zero-order valence-electron chi connectivity index (χ0n) is 22.3. The van der Waals surface area contributed by atoms with Crippen LogP contribution in [0.15, 0.2) is 24.3 Å². The smallest absolute Gasteiger partial charge is 0.253 e.